The fourth-order valence-corrected chi connectivity index (χ4v) is 7.41. The van der Waals surface area contributed by atoms with Gasteiger partial charge in [0, 0.05) is 48.5 Å². The monoisotopic (exact) mass is 622 g/mol. The van der Waals surface area contributed by atoms with Crippen LogP contribution in [0.1, 0.15) is 40.1 Å². The summed E-state index contributed by atoms with van der Waals surface area (Å²) in [7, 11) is 0. The summed E-state index contributed by atoms with van der Waals surface area (Å²) in [5, 5.41) is 4.16. The molecule has 0 saturated heterocycles. The number of carbonyl (C=O) groups is 1. The molecule has 8 heteroatoms. The Hall–Kier alpha value is -5.31. The molecule has 0 spiro atoms. The Kier molecular flexibility index (Phi) is 6.85. The number of benzene rings is 1. The number of hydrogen-bond acceptors (Lipinski definition) is 6. The van der Waals surface area contributed by atoms with Crippen LogP contribution in [0.5, 0.6) is 0 Å². The molecule has 0 unspecified atom stereocenters. The maximum Gasteiger partial charge on any atom is 0.338 e. The number of thiophene rings is 2. The van der Waals surface area contributed by atoms with Gasteiger partial charge >= 0.3 is 5.97 Å². The molecule has 7 heterocycles. The number of carbonyl (C=O) groups excluding carboxylic acids is 1. The van der Waals surface area contributed by atoms with Gasteiger partial charge in [-0.1, -0.05) is 24.3 Å². The van der Waals surface area contributed by atoms with E-state index in [0.717, 1.165) is 76.9 Å². The van der Waals surface area contributed by atoms with Gasteiger partial charge in [-0.05, 0) is 102 Å². The normalized spacial score (nSPS) is 12.1. The van der Waals surface area contributed by atoms with Gasteiger partial charge in [0.25, 0.3) is 0 Å². The summed E-state index contributed by atoms with van der Waals surface area (Å²) in [6.45, 7) is 2.12. The first-order chi connectivity index (χ1) is 22.1. The lowest BCUT2D eigenvalue weighted by molar-refractivity contribution is 0.0526. The summed E-state index contributed by atoms with van der Waals surface area (Å²) in [5.41, 5.74) is 11.5. The molecule has 5 aromatic heterocycles. The van der Waals surface area contributed by atoms with Crippen LogP contribution in [-0.4, -0.2) is 32.5 Å². The van der Waals surface area contributed by atoms with Crippen molar-refractivity contribution in [3.05, 3.63) is 118 Å². The molecule has 0 radical (unpaired) electrons. The van der Waals surface area contributed by atoms with E-state index in [4.69, 9.17) is 14.7 Å². The van der Waals surface area contributed by atoms with E-state index in [1.807, 2.05) is 25.1 Å². The number of nitrogens with one attached hydrogen (secondary N) is 2. The Labute approximate surface area is 267 Å². The van der Waals surface area contributed by atoms with Crippen LogP contribution in [-0.2, 0) is 4.74 Å². The van der Waals surface area contributed by atoms with E-state index in [-0.39, 0.29) is 5.97 Å². The van der Waals surface area contributed by atoms with Crippen LogP contribution in [0.15, 0.2) is 89.6 Å². The number of ether oxygens (including phenoxy) is 1. The minimum Gasteiger partial charge on any atom is -0.462 e. The van der Waals surface area contributed by atoms with Crippen molar-refractivity contribution >= 4 is 75.0 Å². The molecule has 1 aromatic carbocycles. The zero-order valence-electron chi connectivity index (χ0n) is 24.2. The van der Waals surface area contributed by atoms with Crippen molar-refractivity contribution in [2.75, 3.05) is 6.61 Å². The molecule has 0 atom stereocenters. The van der Waals surface area contributed by atoms with Gasteiger partial charge in [0.15, 0.2) is 0 Å². The van der Waals surface area contributed by atoms with E-state index < -0.39 is 0 Å². The third kappa shape index (κ3) is 5.04. The van der Waals surface area contributed by atoms with Crippen molar-refractivity contribution in [2.24, 2.45) is 0 Å². The summed E-state index contributed by atoms with van der Waals surface area (Å²) in [6.07, 6.45) is 8.25. The van der Waals surface area contributed by atoms with Crippen molar-refractivity contribution in [3.63, 3.8) is 0 Å². The predicted octanol–water partition coefficient (Wildman–Crippen LogP) is 9.96. The largest absolute Gasteiger partial charge is 0.462 e. The highest BCUT2D eigenvalue weighted by Gasteiger charge is 2.18. The number of aromatic nitrogens is 4. The van der Waals surface area contributed by atoms with Gasteiger partial charge < -0.3 is 14.7 Å². The molecule has 0 fully saturated rings. The van der Waals surface area contributed by atoms with Crippen molar-refractivity contribution in [3.8, 4) is 32.0 Å². The van der Waals surface area contributed by atoms with E-state index in [1.54, 1.807) is 28.7 Å². The number of aromatic amines is 2. The van der Waals surface area contributed by atoms with Crippen molar-refractivity contribution in [2.45, 2.75) is 6.92 Å². The Morgan fingerprint density at radius 3 is 2.04 bits per heavy atom. The Bertz CT molecular complexity index is 2270. The maximum absolute atomic E-state index is 12.8. The third-order valence-corrected chi connectivity index (χ3v) is 9.55. The predicted molar refractivity (Wildman–Crippen MR) is 187 cm³/mol. The summed E-state index contributed by atoms with van der Waals surface area (Å²) in [5.74, 6) is -0.351. The minimum absolute atomic E-state index is 0.311. The second kappa shape index (κ2) is 11.3. The van der Waals surface area contributed by atoms with Gasteiger partial charge in [-0.15, -0.1) is 22.7 Å². The first-order valence-corrected chi connectivity index (χ1v) is 16.4. The van der Waals surface area contributed by atoms with Crippen molar-refractivity contribution in [1.29, 1.82) is 0 Å². The molecule has 2 aliphatic heterocycles. The van der Waals surface area contributed by atoms with Gasteiger partial charge in [0.2, 0.25) is 0 Å². The van der Waals surface area contributed by atoms with Crippen molar-refractivity contribution in [1.82, 2.24) is 19.9 Å². The lowest BCUT2D eigenvalue weighted by Gasteiger charge is -2.07. The molecule has 0 aliphatic carbocycles. The molecular formula is C37H26N4O2S2. The third-order valence-electron chi connectivity index (χ3n) is 7.77. The standard InChI is InChI=1S/C37H26N4O2S2/c1-2-43-37(42)23-7-3-6-22(20-23)34-26-14-16-30(40-26)35(32-8-4-18-44-32)28-12-10-24(38-28)21-25-11-13-29(39-25)36(33-9-5-19-45-33)31-17-15-27(34)41-31/h3-21,38,41H,2H2,1H3. The SMILES string of the molecule is CCOC(=O)c1cccc(-c2c3nc(c(-c4cccs4)c4ccc(cc5nc(c(-c6cccs6)c6ccc2[nH]6)C=C5)[nH]4)C=C3)c1. The lowest BCUT2D eigenvalue weighted by Crippen LogP contribution is -2.04. The number of rotatable bonds is 5. The number of H-pyrrole nitrogens is 2. The van der Waals surface area contributed by atoms with Gasteiger partial charge in [-0.25, -0.2) is 14.8 Å². The van der Waals surface area contributed by atoms with Crippen molar-refractivity contribution < 1.29 is 9.53 Å². The van der Waals surface area contributed by atoms with Crippen LogP contribution in [0.2, 0.25) is 0 Å². The van der Waals surface area contributed by atoms with Crippen LogP contribution >= 0.6 is 22.7 Å². The summed E-state index contributed by atoms with van der Waals surface area (Å²) < 4.78 is 5.34. The quantitative estimate of drug-likeness (QED) is 0.187. The highest BCUT2D eigenvalue weighted by Crippen LogP contribution is 2.38. The molecule has 6 aromatic rings. The van der Waals surface area contributed by atoms with E-state index in [1.165, 1.54) is 0 Å². The van der Waals surface area contributed by atoms with Gasteiger partial charge in [-0.3, -0.25) is 0 Å². The van der Waals surface area contributed by atoms with Crippen LogP contribution in [0.25, 0.3) is 78.4 Å². The molecule has 2 N–H and O–H groups in total. The summed E-state index contributed by atoms with van der Waals surface area (Å²) in [4.78, 5) is 32.6. The van der Waals surface area contributed by atoms with Gasteiger partial charge in [0.1, 0.15) is 0 Å². The molecule has 218 valence electrons. The minimum atomic E-state index is -0.351. The summed E-state index contributed by atoms with van der Waals surface area (Å²) >= 11 is 3.36. The number of hydrogen-bond donors (Lipinski definition) is 2. The smallest absolute Gasteiger partial charge is 0.338 e. The second-order valence-electron chi connectivity index (χ2n) is 10.6. The Balaban J connectivity index is 1.51. The number of esters is 1. The first-order valence-electron chi connectivity index (χ1n) is 14.6. The fourth-order valence-electron chi connectivity index (χ4n) is 5.82. The first kappa shape index (κ1) is 27.3. The molecule has 8 bridgehead atoms. The molecule has 8 rings (SSSR count). The second-order valence-corrected chi connectivity index (χ2v) is 12.5. The molecule has 2 aliphatic rings. The molecule has 0 saturated carbocycles. The van der Waals surface area contributed by atoms with E-state index in [0.29, 0.717) is 12.2 Å². The highest BCUT2D eigenvalue weighted by atomic mass is 32.1. The fraction of sp³-hybridized carbons (Fsp3) is 0.0541. The molecular weight excluding hydrogens is 597 g/mol. The van der Waals surface area contributed by atoms with Crippen LogP contribution in [0, 0.1) is 0 Å². The number of nitrogens with zero attached hydrogens (tertiary/aromatic N) is 2. The molecule has 6 nitrogen and oxygen atoms in total. The maximum atomic E-state index is 12.8. The Morgan fingerprint density at radius 1 is 0.689 bits per heavy atom. The Morgan fingerprint density at radius 2 is 1.33 bits per heavy atom. The summed E-state index contributed by atoms with van der Waals surface area (Å²) in [6, 6.07) is 26.4. The van der Waals surface area contributed by atoms with Gasteiger partial charge in [-0.2, -0.15) is 0 Å². The zero-order chi connectivity index (χ0) is 30.3. The van der Waals surface area contributed by atoms with Crippen LogP contribution < -0.4 is 0 Å². The highest BCUT2D eigenvalue weighted by molar-refractivity contribution is 7.14. The topological polar surface area (TPSA) is 83.7 Å². The average Bonchev–Trinajstić information content (AvgIpc) is 3.89. The van der Waals surface area contributed by atoms with E-state index >= 15 is 0 Å². The number of fused-ring (bicyclic) bond motifs is 8. The van der Waals surface area contributed by atoms with Gasteiger partial charge in [0.05, 0.1) is 34.9 Å². The van der Waals surface area contributed by atoms with E-state index in [9.17, 15) is 4.79 Å². The van der Waals surface area contributed by atoms with Crippen LogP contribution in [0.3, 0.4) is 0 Å². The zero-order valence-corrected chi connectivity index (χ0v) is 25.8. The molecule has 0 amide bonds. The molecule has 45 heavy (non-hydrogen) atoms. The lowest BCUT2D eigenvalue weighted by atomic mass is 10.0. The average molecular weight is 623 g/mol. The van der Waals surface area contributed by atoms with Crippen LogP contribution in [0.4, 0.5) is 0 Å². The van der Waals surface area contributed by atoms with E-state index in [2.05, 4.69) is 99.6 Å².